The van der Waals surface area contributed by atoms with Crippen LogP contribution in [0.5, 0.6) is 0 Å². The van der Waals surface area contributed by atoms with E-state index in [4.69, 9.17) is 4.21 Å². The lowest BCUT2D eigenvalue weighted by Crippen LogP contribution is -2.21. The van der Waals surface area contributed by atoms with Crippen LogP contribution in [0.3, 0.4) is 0 Å². The van der Waals surface area contributed by atoms with E-state index < -0.39 is 9.23 Å². The smallest absolute Gasteiger partial charge is 0.211 e. The molecule has 0 atom stereocenters. The second-order valence-corrected chi connectivity index (χ2v) is 4.33. The van der Waals surface area contributed by atoms with E-state index in [9.17, 15) is 0 Å². The van der Waals surface area contributed by atoms with Gasteiger partial charge in [0, 0.05) is 21.4 Å². The van der Waals surface area contributed by atoms with Crippen LogP contribution in [0.25, 0.3) is 0 Å². The van der Waals surface area contributed by atoms with Crippen LogP contribution in [0.4, 0.5) is 0 Å². The largest absolute Gasteiger partial charge is 0.304 e. The Bertz CT molecular complexity index is 89.1. The quantitative estimate of drug-likeness (QED) is 0.680. The molecular weight excluding hydrogens is 205 g/mol. The summed E-state index contributed by atoms with van der Waals surface area (Å²) in [5, 5.41) is 0. The Balaban J connectivity index is 0. The molecule has 0 aromatic rings. The zero-order chi connectivity index (χ0) is 9.28. The monoisotopic (exact) mass is 219 g/mol. The normalized spacial score (nSPS) is 9.73. The van der Waals surface area contributed by atoms with Crippen LogP contribution in [-0.4, -0.2) is 28.7 Å². The summed E-state index contributed by atoms with van der Waals surface area (Å²) < 4.78 is 9.09. The predicted octanol–water partition coefficient (Wildman–Crippen LogP) is 2.39. The first-order chi connectivity index (χ1) is 5.08. The predicted molar refractivity (Wildman–Crippen MR) is 53.3 cm³/mol. The average molecular weight is 220 g/mol. The fourth-order valence-electron chi connectivity index (χ4n) is 0.671. The summed E-state index contributed by atoms with van der Waals surface area (Å²) >= 11 is 0. The van der Waals surface area contributed by atoms with Crippen molar-refractivity contribution in [3.8, 4) is 0 Å². The number of nitrogens with zero attached hydrogens (tertiary/aromatic N) is 1. The molecule has 5 heteroatoms. The first-order valence-electron chi connectivity index (χ1n) is 3.55. The number of rotatable bonds is 3. The van der Waals surface area contributed by atoms with Gasteiger partial charge in [-0.05, 0) is 19.6 Å². The molecule has 0 saturated heterocycles. The number of hydrogen-bond donors (Lipinski definition) is 0. The van der Waals surface area contributed by atoms with Gasteiger partial charge in [0.15, 0.2) is 0 Å². The molecular formula is C6H15Cl2NOS. The second-order valence-electron chi connectivity index (χ2n) is 1.80. The highest BCUT2D eigenvalue weighted by atomic mass is 36.0. The van der Waals surface area contributed by atoms with Gasteiger partial charge < -0.3 is 4.90 Å². The molecule has 0 heterocycles. The fourth-order valence-corrected chi connectivity index (χ4v) is 0.671. The molecule has 0 aliphatic rings. The Morgan fingerprint density at radius 3 is 1.27 bits per heavy atom. The molecule has 0 spiro atoms. The summed E-state index contributed by atoms with van der Waals surface area (Å²) in [5.41, 5.74) is 0. The molecule has 0 aromatic carbocycles. The minimum atomic E-state index is -1.67. The zero-order valence-corrected chi connectivity index (χ0v) is 9.47. The van der Waals surface area contributed by atoms with Crippen LogP contribution in [0.15, 0.2) is 0 Å². The molecule has 0 aliphatic heterocycles. The maximum Gasteiger partial charge on any atom is 0.211 e. The van der Waals surface area contributed by atoms with Gasteiger partial charge in [0.05, 0.1) is 0 Å². The molecule has 0 amide bonds. The summed E-state index contributed by atoms with van der Waals surface area (Å²) in [6, 6.07) is 0. The van der Waals surface area contributed by atoms with Gasteiger partial charge in [0.25, 0.3) is 0 Å². The lowest BCUT2D eigenvalue weighted by molar-refractivity contribution is 0.321. The Morgan fingerprint density at radius 1 is 1.09 bits per heavy atom. The van der Waals surface area contributed by atoms with Gasteiger partial charge in [-0.3, -0.25) is 0 Å². The Labute approximate surface area is 80.3 Å². The summed E-state index contributed by atoms with van der Waals surface area (Å²) in [5.74, 6) is 0. The Hall–Kier alpha value is 0.690. The van der Waals surface area contributed by atoms with Crippen LogP contribution in [0, 0.1) is 0 Å². The molecule has 70 valence electrons. The highest BCUT2D eigenvalue weighted by molar-refractivity contribution is 8.26. The van der Waals surface area contributed by atoms with Crippen molar-refractivity contribution >= 4 is 30.6 Å². The van der Waals surface area contributed by atoms with E-state index in [1.807, 2.05) is 0 Å². The molecule has 0 N–H and O–H groups in total. The third-order valence-corrected chi connectivity index (χ3v) is 1.34. The van der Waals surface area contributed by atoms with E-state index in [1.165, 1.54) is 19.6 Å². The van der Waals surface area contributed by atoms with Gasteiger partial charge in [-0.25, -0.2) is 4.21 Å². The van der Waals surface area contributed by atoms with Gasteiger partial charge in [0.1, 0.15) is 0 Å². The van der Waals surface area contributed by atoms with Crippen molar-refractivity contribution in [2.45, 2.75) is 20.8 Å². The topological polar surface area (TPSA) is 20.3 Å². The Morgan fingerprint density at radius 2 is 1.27 bits per heavy atom. The van der Waals surface area contributed by atoms with Gasteiger partial charge in [-0.2, -0.15) is 0 Å². The standard InChI is InChI=1S/C6H15N.Cl2OS/c1-4-7(5-2)6-3;1-4(2)3/h4-6H2,1-3H3;. The van der Waals surface area contributed by atoms with Crippen LogP contribution in [-0.2, 0) is 9.23 Å². The molecule has 11 heavy (non-hydrogen) atoms. The van der Waals surface area contributed by atoms with E-state index in [2.05, 4.69) is 47.0 Å². The van der Waals surface area contributed by atoms with Crippen LogP contribution < -0.4 is 0 Å². The lowest BCUT2D eigenvalue weighted by Gasteiger charge is -2.13. The van der Waals surface area contributed by atoms with Crippen molar-refractivity contribution in [1.29, 1.82) is 0 Å². The molecule has 0 radical (unpaired) electrons. The Kier molecular flexibility index (Phi) is 13.8. The number of hydrogen-bond acceptors (Lipinski definition) is 2. The van der Waals surface area contributed by atoms with Crippen molar-refractivity contribution in [2.75, 3.05) is 19.6 Å². The number of halogens is 2. The van der Waals surface area contributed by atoms with Gasteiger partial charge in [-0.15, -0.1) is 0 Å². The minimum absolute atomic E-state index is 1.19. The average Bonchev–Trinajstić information content (AvgIpc) is 1.90. The van der Waals surface area contributed by atoms with E-state index in [-0.39, 0.29) is 0 Å². The SMILES string of the molecule is CCN(CC)CC.O=S(Cl)Cl. The minimum Gasteiger partial charge on any atom is -0.304 e. The van der Waals surface area contributed by atoms with Crippen molar-refractivity contribution in [1.82, 2.24) is 4.90 Å². The van der Waals surface area contributed by atoms with Crippen molar-refractivity contribution in [3.63, 3.8) is 0 Å². The van der Waals surface area contributed by atoms with E-state index in [0.717, 1.165) is 0 Å². The highest BCUT2D eigenvalue weighted by Gasteiger charge is 1.89. The van der Waals surface area contributed by atoms with Crippen LogP contribution in [0.1, 0.15) is 20.8 Å². The molecule has 0 bridgehead atoms. The summed E-state index contributed by atoms with van der Waals surface area (Å²) in [4.78, 5) is 2.38. The van der Waals surface area contributed by atoms with Gasteiger partial charge in [-0.1, -0.05) is 20.8 Å². The molecule has 0 unspecified atom stereocenters. The second kappa shape index (κ2) is 10.7. The van der Waals surface area contributed by atoms with E-state index >= 15 is 0 Å². The highest BCUT2D eigenvalue weighted by Crippen LogP contribution is 1.89. The zero-order valence-electron chi connectivity index (χ0n) is 7.14. The first-order valence-corrected chi connectivity index (χ1v) is 6.35. The molecule has 2 nitrogen and oxygen atoms in total. The molecule has 0 rings (SSSR count). The molecule has 0 fully saturated rings. The molecule has 0 aromatic heterocycles. The summed E-state index contributed by atoms with van der Waals surface area (Å²) in [6.07, 6.45) is 0. The third-order valence-electron chi connectivity index (χ3n) is 1.34. The van der Waals surface area contributed by atoms with Crippen molar-refractivity contribution in [3.05, 3.63) is 0 Å². The van der Waals surface area contributed by atoms with Gasteiger partial charge >= 0.3 is 0 Å². The summed E-state index contributed by atoms with van der Waals surface area (Å²) in [7, 11) is 7.36. The maximum absolute atomic E-state index is 9.09. The van der Waals surface area contributed by atoms with Crippen molar-refractivity contribution in [2.24, 2.45) is 0 Å². The third kappa shape index (κ3) is 18.0. The van der Waals surface area contributed by atoms with Crippen molar-refractivity contribution < 1.29 is 4.21 Å². The van der Waals surface area contributed by atoms with Gasteiger partial charge in [0.2, 0.25) is 9.23 Å². The molecule has 0 saturated carbocycles. The molecule has 0 aliphatic carbocycles. The van der Waals surface area contributed by atoms with Crippen LogP contribution in [0.2, 0.25) is 0 Å². The first kappa shape index (κ1) is 14.2. The maximum atomic E-state index is 9.09. The fraction of sp³-hybridized carbons (Fsp3) is 1.00. The van der Waals surface area contributed by atoms with E-state index in [1.54, 1.807) is 0 Å². The lowest BCUT2D eigenvalue weighted by atomic mass is 10.5. The summed E-state index contributed by atoms with van der Waals surface area (Å²) in [6.45, 7) is 10.1. The van der Waals surface area contributed by atoms with E-state index in [0.29, 0.717) is 0 Å². The van der Waals surface area contributed by atoms with Crippen LogP contribution >= 0.6 is 21.4 Å².